The molecule has 0 bridgehead atoms. The van der Waals surface area contributed by atoms with E-state index in [9.17, 15) is 18.0 Å². The third-order valence-electron chi connectivity index (χ3n) is 3.60. The average molecular weight is 338 g/mol. The van der Waals surface area contributed by atoms with Gasteiger partial charge in [-0.2, -0.15) is 13.2 Å². The Hall–Kier alpha value is -2.50. The molecule has 0 amide bonds. The minimum atomic E-state index is -4.39. The van der Waals surface area contributed by atoms with Crippen molar-refractivity contribution >= 4 is 5.97 Å². The highest BCUT2D eigenvalue weighted by atomic mass is 19.4. The van der Waals surface area contributed by atoms with Gasteiger partial charge in [0.25, 0.3) is 0 Å². The van der Waals surface area contributed by atoms with E-state index in [1.165, 1.54) is 19.1 Å². The summed E-state index contributed by atoms with van der Waals surface area (Å²) < 4.78 is 43.5. The van der Waals surface area contributed by atoms with Gasteiger partial charge in [-0.3, -0.25) is 0 Å². The van der Waals surface area contributed by atoms with Crippen LogP contribution in [0.3, 0.4) is 0 Å². The standard InChI is InChI=1S/C18H17F3O3/c1-3-12-7-13(9-14(8-12)17(22)23)10-24-16-5-4-15(6-11(16)2)18(19,20)21/h4-9H,3,10H2,1-2H3,(H,22,23). The third kappa shape index (κ3) is 4.28. The molecule has 0 aliphatic heterocycles. The van der Waals surface area contributed by atoms with E-state index in [1.54, 1.807) is 6.07 Å². The monoisotopic (exact) mass is 338 g/mol. The van der Waals surface area contributed by atoms with Crippen LogP contribution in [0.2, 0.25) is 0 Å². The van der Waals surface area contributed by atoms with E-state index in [-0.39, 0.29) is 12.2 Å². The van der Waals surface area contributed by atoms with Gasteiger partial charge in [0.05, 0.1) is 11.1 Å². The van der Waals surface area contributed by atoms with Gasteiger partial charge in [0.15, 0.2) is 0 Å². The summed E-state index contributed by atoms with van der Waals surface area (Å²) in [6.07, 6.45) is -3.72. The molecule has 0 aliphatic carbocycles. The summed E-state index contributed by atoms with van der Waals surface area (Å²) in [5.74, 6) is -0.695. The smallest absolute Gasteiger partial charge is 0.416 e. The summed E-state index contributed by atoms with van der Waals surface area (Å²) in [5, 5.41) is 9.12. The van der Waals surface area contributed by atoms with E-state index in [2.05, 4.69) is 0 Å². The predicted molar refractivity (Wildman–Crippen MR) is 83.3 cm³/mol. The number of carboxylic acid groups (broad SMARTS) is 1. The molecule has 0 atom stereocenters. The minimum absolute atomic E-state index is 0.0837. The third-order valence-corrected chi connectivity index (χ3v) is 3.60. The normalized spacial score (nSPS) is 11.4. The number of aromatic carboxylic acids is 1. The zero-order valence-corrected chi connectivity index (χ0v) is 13.3. The molecule has 0 saturated heterocycles. The quantitative estimate of drug-likeness (QED) is 0.847. The van der Waals surface area contributed by atoms with Crippen molar-refractivity contribution in [2.75, 3.05) is 0 Å². The fourth-order valence-electron chi connectivity index (χ4n) is 2.32. The molecule has 24 heavy (non-hydrogen) atoms. The second-order valence-electron chi connectivity index (χ2n) is 5.46. The predicted octanol–water partition coefficient (Wildman–Crippen LogP) is 4.85. The fraction of sp³-hybridized carbons (Fsp3) is 0.278. The summed E-state index contributed by atoms with van der Waals surface area (Å²) in [6.45, 7) is 3.53. The van der Waals surface area contributed by atoms with Crippen LogP contribution in [0.25, 0.3) is 0 Å². The number of halogens is 3. The van der Waals surface area contributed by atoms with E-state index in [1.807, 2.05) is 13.0 Å². The van der Waals surface area contributed by atoms with Crippen LogP contribution in [-0.2, 0) is 19.2 Å². The van der Waals surface area contributed by atoms with Gasteiger partial charge >= 0.3 is 12.1 Å². The Kier molecular flexibility index (Phi) is 5.17. The maximum Gasteiger partial charge on any atom is 0.416 e. The molecule has 1 N–H and O–H groups in total. The molecule has 0 spiro atoms. The second kappa shape index (κ2) is 6.95. The molecule has 0 fully saturated rings. The van der Waals surface area contributed by atoms with Gasteiger partial charge in [-0.25, -0.2) is 4.79 Å². The summed E-state index contributed by atoms with van der Waals surface area (Å²) in [5.41, 5.74) is 1.32. The molecule has 0 radical (unpaired) electrons. The molecule has 0 aliphatic rings. The molecule has 0 unspecified atom stereocenters. The first kappa shape index (κ1) is 17.8. The van der Waals surface area contributed by atoms with Crippen molar-refractivity contribution in [3.63, 3.8) is 0 Å². The van der Waals surface area contributed by atoms with Gasteiger partial charge in [0.2, 0.25) is 0 Å². The van der Waals surface area contributed by atoms with Crippen LogP contribution in [-0.4, -0.2) is 11.1 Å². The Balaban J connectivity index is 2.19. The van der Waals surface area contributed by atoms with Crippen molar-refractivity contribution in [3.8, 4) is 5.75 Å². The van der Waals surface area contributed by atoms with Crippen LogP contribution in [0.15, 0.2) is 36.4 Å². The van der Waals surface area contributed by atoms with Crippen molar-refractivity contribution < 1.29 is 27.8 Å². The Morgan fingerprint density at radius 3 is 2.33 bits per heavy atom. The zero-order valence-electron chi connectivity index (χ0n) is 13.3. The van der Waals surface area contributed by atoms with Crippen molar-refractivity contribution in [3.05, 3.63) is 64.2 Å². The number of alkyl halides is 3. The number of ether oxygens (including phenoxy) is 1. The van der Waals surface area contributed by atoms with Crippen LogP contribution in [0.4, 0.5) is 13.2 Å². The molecular weight excluding hydrogens is 321 g/mol. The maximum atomic E-state index is 12.7. The Morgan fingerprint density at radius 2 is 1.79 bits per heavy atom. The van der Waals surface area contributed by atoms with E-state index < -0.39 is 17.7 Å². The van der Waals surface area contributed by atoms with Gasteiger partial charge in [-0.1, -0.05) is 13.0 Å². The van der Waals surface area contributed by atoms with E-state index in [0.29, 0.717) is 23.3 Å². The van der Waals surface area contributed by atoms with Crippen LogP contribution in [0.1, 0.15) is 39.5 Å². The highest BCUT2D eigenvalue weighted by Gasteiger charge is 2.30. The number of rotatable bonds is 5. The van der Waals surface area contributed by atoms with Crippen LogP contribution >= 0.6 is 0 Å². The van der Waals surface area contributed by atoms with Crippen LogP contribution in [0, 0.1) is 6.92 Å². The Labute approximate surface area is 137 Å². The fourth-order valence-corrected chi connectivity index (χ4v) is 2.32. The van der Waals surface area contributed by atoms with Gasteiger partial charge in [0, 0.05) is 0 Å². The number of aryl methyl sites for hydroxylation is 2. The zero-order chi connectivity index (χ0) is 17.9. The lowest BCUT2D eigenvalue weighted by Crippen LogP contribution is -2.06. The summed E-state index contributed by atoms with van der Waals surface area (Å²) >= 11 is 0. The first-order valence-electron chi connectivity index (χ1n) is 7.37. The molecule has 0 heterocycles. The Morgan fingerprint density at radius 1 is 1.12 bits per heavy atom. The lowest BCUT2D eigenvalue weighted by atomic mass is 10.0. The molecule has 2 rings (SSSR count). The highest BCUT2D eigenvalue weighted by molar-refractivity contribution is 5.88. The molecule has 128 valence electrons. The molecule has 2 aromatic carbocycles. The van der Waals surface area contributed by atoms with Gasteiger partial charge in [0.1, 0.15) is 12.4 Å². The Bertz CT molecular complexity index is 752. The molecule has 0 aromatic heterocycles. The lowest BCUT2D eigenvalue weighted by Gasteiger charge is -2.13. The van der Waals surface area contributed by atoms with E-state index in [0.717, 1.165) is 17.7 Å². The molecule has 6 heteroatoms. The first-order valence-corrected chi connectivity index (χ1v) is 7.37. The van der Waals surface area contributed by atoms with Crippen LogP contribution < -0.4 is 4.74 Å². The minimum Gasteiger partial charge on any atom is -0.489 e. The van der Waals surface area contributed by atoms with Crippen molar-refractivity contribution in [2.45, 2.75) is 33.1 Å². The van der Waals surface area contributed by atoms with Gasteiger partial charge in [-0.05, 0) is 60.4 Å². The summed E-state index contributed by atoms with van der Waals surface area (Å²) in [6, 6.07) is 8.19. The molecule has 2 aromatic rings. The second-order valence-corrected chi connectivity index (χ2v) is 5.46. The first-order chi connectivity index (χ1) is 11.2. The molecule has 3 nitrogen and oxygen atoms in total. The number of carboxylic acids is 1. The number of benzene rings is 2. The van der Waals surface area contributed by atoms with E-state index >= 15 is 0 Å². The maximum absolute atomic E-state index is 12.7. The van der Waals surface area contributed by atoms with Gasteiger partial charge < -0.3 is 9.84 Å². The largest absolute Gasteiger partial charge is 0.489 e. The van der Waals surface area contributed by atoms with Crippen molar-refractivity contribution in [2.24, 2.45) is 0 Å². The van der Waals surface area contributed by atoms with E-state index in [4.69, 9.17) is 9.84 Å². The molecular formula is C18H17F3O3. The summed E-state index contributed by atoms with van der Waals surface area (Å²) in [4.78, 5) is 11.1. The number of carbonyl (C=O) groups is 1. The topological polar surface area (TPSA) is 46.5 Å². The van der Waals surface area contributed by atoms with Crippen molar-refractivity contribution in [1.82, 2.24) is 0 Å². The summed E-state index contributed by atoms with van der Waals surface area (Å²) in [7, 11) is 0. The van der Waals surface area contributed by atoms with Crippen LogP contribution in [0.5, 0.6) is 5.75 Å². The van der Waals surface area contributed by atoms with Gasteiger partial charge in [-0.15, -0.1) is 0 Å². The van der Waals surface area contributed by atoms with Crippen molar-refractivity contribution in [1.29, 1.82) is 0 Å². The molecule has 0 saturated carbocycles. The number of hydrogen-bond donors (Lipinski definition) is 1. The average Bonchev–Trinajstić information content (AvgIpc) is 2.52. The SMILES string of the molecule is CCc1cc(COc2ccc(C(F)(F)F)cc2C)cc(C(=O)O)c1. The highest BCUT2D eigenvalue weighted by Crippen LogP contribution is 2.32. The lowest BCUT2D eigenvalue weighted by molar-refractivity contribution is -0.137. The number of hydrogen-bond acceptors (Lipinski definition) is 2.